The van der Waals surface area contributed by atoms with Crippen molar-refractivity contribution in [2.75, 3.05) is 13.2 Å². The van der Waals surface area contributed by atoms with Gasteiger partial charge in [-0.25, -0.2) is 0 Å². The molecule has 8 heteroatoms. The van der Waals surface area contributed by atoms with Crippen LogP contribution < -0.4 is 0 Å². The van der Waals surface area contributed by atoms with Crippen molar-refractivity contribution in [3.63, 3.8) is 0 Å². The molecule has 2 bridgehead atoms. The SMILES string of the molecule is CC1(C)CC[C@@H](O)[C@]2(C)[C@@H]1CC[C@@]13C[C@@H](CC[C@H]12)[C@@](O)(CO[C@@H]1O[C@H](CO)[C@@H](O)[C@H](O)[C@H]1O)C3. The van der Waals surface area contributed by atoms with E-state index in [0.717, 1.165) is 44.9 Å². The number of fused-ring (bicyclic) bond motifs is 3. The van der Waals surface area contributed by atoms with E-state index in [-0.39, 0.29) is 34.9 Å². The first-order valence-electron chi connectivity index (χ1n) is 13.2. The van der Waals surface area contributed by atoms with Crippen LogP contribution in [0.4, 0.5) is 0 Å². The first-order valence-corrected chi connectivity index (χ1v) is 13.2. The first kappa shape index (κ1) is 25.3. The molecule has 5 fully saturated rings. The van der Waals surface area contributed by atoms with Crippen LogP contribution in [0, 0.1) is 34.0 Å². The summed E-state index contributed by atoms with van der Waals surface area (Å²) in [6.07, 6.45) is 0.392. The summed E-state index contributed by atoms with van der Waals surface area (Å²) in [5.41, 5.74) is -1.07. The lowest BCUT2D eigenvalue weighted by atomic mass is 9.40. The van der Waals surface area contributed by atoms with Crippen molar-refractivity contribution >= 4 is 0 Å². The number of hydrogen-bond acceptors (Lipinski definition) is 8. The van der Waals surface area contributed by atoms with Crippen LogP contribution in [0.15, 0.2) is 0 Å². The highest BCUT2D eigenvalue weighted by molar-refractivity contribution is 5.18. The zero-order valence-electron chi connectivity index (χ0n) is 20.8. The molecule has 12 atom stereocenters. The number of aliphatic hydroxyl groups is 6. The van der Waals surface area contributed by atoms with Gasteiger partial charge in [0, 0.05) is 5.41 Å². The van der Waals surface area contributed by atoms with Crippen LogP contribution in [0.3, 0.4) is 0 Å². The van der Waals surface area contributed by atoms with E-state index in [0.29, 0.717) is 18.3 Å². The predicted molar refractivity (Wildman–Crippen MR) is 122 cm³/mol. The van der Waals surface area contributed by atoms with E-state index in [9.17, 15) is 30.6 Å². The Morgan fingerprint density at radius 1 is 0.882 bits per heavy atom. The molecule has 0 radical (unpaired) electrons. The Morgan fingerprint density at radius 3 is 2.32 bits per heavy atom. The standard InChI is InChI=1S/C26H44O8/c1-23(2)8-7-18(28)24(3)16(23)6-9-25-10-14(4-5-17(24)25)26(32,12-25)13-33-22-21(31)20(30)19(29)15(11-27)34-22/h14-22,27-32H,4-13H2,1-3H3/t14-,15-,16-,17+,18-,19-,20+,21-,22-,24-,25+,26+/m1/s1. The predicted octanol–water partition coefficient (Wildman–Crippen LogP) is 0.938. The van der Waals surface area contributed by atoms with Gasteiger partial charge in [-0.1, -0.05) is 20.8 Å². The highest BCUT2D eigenvalue weighted by Crippen LogP contribution is 2.72. The molecule has 1 spiro atoms. The second-order valence-electron chi connectivity index (χ2n) is 13.2. The van der Waals surface area contributed by atoms with Crippen LogP contribution in [-0.4, -0.2) is 86.3 Å². The summed E-state index contributed by atoms with van der Waals surface area (Å²) in [4.78, 5) is 0. The average Bonchev–Trinajstić information content (AvgIpc) is 2.99. The summed E-state index contributed by atoms with van der Waals surface area (Å²) in [6, 6.07) is 0. The molecule has 0 aromatic carbocycles. The van der Waals surface area contributed by atoms with Crippen molar-refractivity contribution in [1.82, 2.24) is 0 Å². The molecule has 196 valence electrons. The molecule has 34 heavy (non-hydrogen) atoms. The fourth-order valence-electron chi connectivity index (χ4n) is 9.43. The minimum Gasteiger partial charge on any atom is -0.394 e. The third kappa shape index (κ3) is 3.55. The molecular weight excluding hydrogens is 440 g/mol. The van der Waals surface area contributed by atoms with Gasteiger partial charge in [-0.05, 0) is 80.0 Å². The molecule has 0 amide bonds. The van der Waals surface area contributed by atoms with Gasteiger partial charge >= 0.3 is 0 Å². The largest absolute Gasteiger partial charge is 0.394 e. The van der Waals surface area contributed by atoms with E-state index in [1.807, 2.05) is 0 Å². The van der Waals surface area contributed by atoms with Crippen LogP contribution in [0.2, 0.25) is 0 Å². The van der Waals surface area contributed by atoms with Crippen molar-refractivity contribution in [3.8, 4) is 0 Å². The maximum Gasteiger partial charge on any atom is 0.186 e. The number of hydrogen-bond donors (Lipinski definition) is 6. The van der Waals surface area contributed by atoms with Crippen LogP contribution in [-0.2, 0) is 9.47 Å². The van der Waals surface area contributed by atoms with Gasteiger partial charge in [-0.2, -0.15) is 0 Å². The van der Waals surface area contributed by atoms with Gasteiger partial charge in [-0.15, -0.1) is 0 Å². The van der Waals surface area contributed by atoms with E-state index in [4.69, 9.17) is 9.47 Å². The van der Waals surface area contributed by atoms with Gasteiger partial charge in [-0.3, -0.25) is 0 Å². The highest BCUT2D eigenvalue weighted by Gasteiger charge is 2.69. The molecule has 4 saturated carbocycles. The van der Waals surface area contributed by atoms with Gasteiger partial charge in [0.1, 0.15) is 24.4 Å². The number of aliphatic hydroxyl groups excluding tert-OH is 5. The minimum atomic E-state index is -1.50. The van der Waals surface area contributed by atoms with E-state index < -0.39 is 42.9 Å². The Balaban J connectivity index is 1.34. The fraction of sp³-hybridized carbons (Fsp3) is 1.00. The smallest absolute Gasteiger partial charge is 0.186 e. The van der Waals surface area contributed by atoms with Crippen LogP contribution >= 0.6 is 0 Å². The second-order valence-corrected chi connectivity index (χ2v) is 13.2. The van der Waals surface area contributed by atoms with Crippen LogP contribution in [0.5, 0.6) is 0 Å². The summed E-state index contributed by atoms with van der Waals surface area (Å²) in [6.45, 7) is 6.45. The second kappa shape index (κ2) is 8.35. The molecule has 1 saturated heterocycles. The van der Waals surface area contributed by atoms with Crippen molar-refractivity contribution in [3.05, 3.63) is 0 Å². The normalized spacial score (nSPS) is 56.6. The summed E-state index contributed by atoms with van der Waals surface area (Å²) in [5.74, 6) is 0.892. The topological polar surface area (TPSA) is 140 Å². The van der Waals surface area contributed by atoms with Crippen molar-refractivity contribution in [2.45, 2.75) is 115 Å². The lowest BCUT2D eigenvalue weighted by Crippen LogP contribution is -2.61. The van der Waals surface area contributed by atoms with Gasteiger partial charge in [0.05, 0.1) is 24.9 Å². The maximum atomic E-state index is 11.8. The maximum absolute atomic E-state index is 11.8. The zero-order chi connectivity index (χ0) is 24.7. The van der Waals surface area contributed by atoms with E-state index in [1.54, 1.807) is 0 Å². The number of ether oxygens (including phenoxy) is 2. The molecular formula is C26H44O8. The molecule has 6 N–H and O–H groups in total. The summed E-state index contributed by atoms with van der Waals surface area (Å²) in [5, 5.41) is 63.0. The van der Waals surface area contributed by atoms with Gasteiger partial charge in [0.25, 0.3) is 0 Å². The lowest BCUT2D eigenvalue weighted by Gasteiger charge is -2.65. The molecule has 0 aromatic heterocycles. The monoisotopic (exact) mass is 484 g/mol. The van der Waals surface area contributed by atoms with Crippen molar-refractivity contribution < 1.29 is 40.1 Å². The Bertz CT molecular complexity index is 774. The highest BCUT2D eigenvalue weighted by atomic mass is 16.7. The van der Waals surface area contributed by atoms with E-state index >= 15 is 0 Å². The minimum absolute atomic E-state index is 0.0317. The van der Waals surface area contributed by atoms with E-state index in [2.05, 4.69) is 20.8 Å². The number of rotatable bonds is 4. The Kier molecular flexibility index (Phi) is 6.22. The molecule has 0 aromatic rings. The third-order valence-electron chi connectivity index (χ3n) is 11.1. The van der Waals surface area contributed by atoms with Crippen molar-refractivity contribution in [2.24, 2.45) is 34.0 Å². The average molecular weight is 485 g/mol. The lowest BCUT2D eigenvalue weighted by molar-refractivity contribution is -0.310. The fourth-order valence-corrected chi connectivity index (χ4v) is 9.43. The quantitative estimate of drug-likeness (QED) is 0.346. The Labute approximate surface area is 202 Å². The molecule has 1 heterocycles. The molecule has 5 rings (SSSR count). The Morgan fingerprint density at radius 2 is 1.62 bits per heavy atom. The molecule has 1 aliphatic heterocycles. The van der Waals surface area contributed by atoms with E-state index in [1.165, 1.54) is 0 Å². The van der Waals surface area contributed by atoms with Gasteiger partial charge in [0.15, 0.2) is 6.29 Å². The summed E-state index contributed by atoms with van der Waals surface area (Å²) in [7, 11) is 0. The van der Waals surface area contributed by atoms with Crippen LogP contribution in [0.1, 0.15) is 72.1 Å². The molecule has 0 unspecified atom stereocenters. The third-order valence-corrected chi connectivity index (χ3v) is 11.1. The van der Waals surface area contributed by atoms with Gasteiger partial charge < -0.3 is 40.1 Å². The zero-order valence-corrected chi connectivity index (χ0v) is 20.8. The first-order chi connectivity index (χ1) is 15.9. The molecule has 8 nitrogen and oxygen atoms in total. The van der Waals surface area contributed by atoms with Crippen LogP contribution in [0.25, 0.3) is 0 Å². The molecule has 5 aliphatic rings. The van der Waals surface area contributed by atoms with Crippen molar-refractivity contribution in [1.29, 1.82) is 0 Å². The molecule has 4 aliphatic carbocycles. The summed E-state index contributed by atoms with van der Waals surface area (Å²) >= 11 is 0. The van der Waals surface area contributed by atoms with Gasteiger partial charge in [0.2, 0.25) is 0 Å². The Hall–Kier alpha value is -0.320. The summed E-state index contributed by atoms with van der Waals surface area (Å²) < 4.78 is 11.3.